The summed E-state index contributed by atoms with van der Waals surface area (Å²) in [6.07, 6.45) is 0.634. The quantitative estimate of drug-likeness (QED) is 0.485. The van der Waals surface area contributed by atoms with Gasteiger partial charge in [0.15, 0.2) is 5.78 Å². The Kier molecular flexibility index (Phi) is 5.90. The lowest BCUT2D eigenvalue weighted by Gasteiger charge is -2.29. The number of hydrogen-bond acceptors (Lipinski definition) is 6. The van der Waals surface area contributed by atoms with Gasteiger partial charge in [-0.3, -0.25) is 14.5 Å². The number of fused-ring (bicyclic) bond motifs is 2. The zero-order valence-corrected chi connectivity index (χ0v) is 17.1. The van der Waals surface area contributed by atoms with Gasteiger partial charge in [0.1, 0.15) is 5.75 Å². The highest BCUT2D eigenvalue weighted by Gasteiger charge is 2.37. The highest BCUT2D eigenvalue weighted by molar-refractivity contribution is 6.47. The van der Waals surface area contributed by atoms with Crippen molar-refractivity contribution in [3.63, 3.8) is 0 Å². The van der Waals surface area contributed by atoms with Crippen LogP contribution in [0.15, 0.2) is 36.4 Å². The van der Waals surface area contributed by atoms with Crippen LogP contribution in [0.25, 0.3) is 0 Å². The number of carbonyl (C=O) groups excluding carboxylic acids is 2. The monoisotopic (exact) mass is 407 g/mol. The van der Waals surface area contributed by atoms with E-state index < -0.39 is 13.1 Å². The number of hydrogen-bond donors (Lipinski definition) is 3. The number of nitrogens with one attached hydrogen (secondary N) is 1. The first kappa shape index (κ1) is 20.6. The molecule has 1 atom stereocenters. The number of carbonyl (C=O) groups is 2. The fraction of sp³-hybridized carbons (Fsp3) is 0.364. The third-order valence-electron chi connectivity index (χ3n) is 5.71. The van der Waals surface area contributed by atoms with Crippen LogP contribution in [-0.2, 0) is 30.7 Å². The maximum absolute atomic E-state index is 12.6. The van der Waals surface area contributed by atoms with E-state index in [1.165, 1.54) is 18.1 Å². The molecule has 0 unspecified atom stereocenters. The van der Waals surface area contributed by atoms with Gasteiger partial charge in [0, 0.05) is 26.2 Å². The summed E-state index contributed by atoms with van der Waals surface area (Å²) in [6, 6.07) is 11.4. The summed E-state index contributed by atoms with van der Waals surface area (Å²) in [4.78, 5) is 26.7. The van der Waals surface area contributed by atoms with Crippen molar-refractivity contribution in [2.45, 2.75) is 38.8 Å². The predicted molar refractivity (Wildman–Crippen MR) is 114 cm³/mol. The Bertz CT molecular complexity index is 981. The van der Waals surface area contributed by atoms with Gasteiger partial charge in [-0.2, -0.15) is 0 Å². The van der Waals surface area contributed by atoms with E-state index >= 15 is 0 Å². The van der Waals surface area contributed by atoms with E-state index in [0.29, 0.717) is 24.3 Å². The van der Waals surface area contributed by atoms with Gasteiger partial charge in [-0.15, -0.1) is 0 Å². The molecule has 0 spiro atoms. The normalized spacial score (nSPS) is 17.8. The molecule has 2 aromatic carbocycles. The molecule has 8 heteroatoms. The predicted octanol–water partition coefficient (Wildman–Crippen LogP) is 0.846. The summed E-state index contributed by atoms with van der Waals surface area (Å²) >= 11 is 0. The molecule has 0 fully saturated rings. The minimum atomic E-state index is -1.20. The van der Waals surface area contributed by atoms with E-state index in [-0.39, 0.29) is 18.1 Å². The second kappa shape index (κ2) is 8.59. The Labute approximate surface area is 176 Å². The van der Waals surface area contributed by atoms with Gasteiger partial charge in [-0.1, -0.05) is 30.3 Å². The fourth-order valence-corrected chi connectivity index (χ4v) is 4.24. The highest BCUT2D eigenvalue weighted by Crippen LogP contribution is 2.30. The molecular formula is C22H26BN3O4. The molecule has 2 aromatic rings. The molecule has 0 radical (unpaired) electrons. The molecule has 2 aliphatic heterocycles. The zero-order chi connectivity index (χ0) is 21.3. The molecule has 2 aliphatic rings. The fourth-order valence-electron chi connectivity index (χ4n) is 4.24. The van der Waals surface area contributed by atoms with E-state index in [9.17, 15) is 14.6 Å². The molecule has 156 valence electrons. The summed E-state index contributed by atoms with van der Waals surface area (Å²) in [7, 11) is -1.20. The Morgan fingerprint density at radius 1 is 1.23 bits per heavy atom. The number of para-hydroxylation sites is 1. The van der Waals surface area contributed by atoms with Gasteiger partial charge in [0.05, 0.1) is 17.9 Å². The van der Waals surface area contributed by atoms with Crippen LogP contribution in [0.5, 0.6) is 5.75 Å². The van der Waals surface area contributed by atoms with Crippen molar-refractivity contribution < 1.29 is 19.3 Å². The van der Waals surface area contributed by atoms with E-state index in [4.69, 9.17) is 10.4 Å². The Morgan fingerprint density at radius 3 is 2.80 bits per heavy atom. The first-order valence-corrected chi connectivity index (χ1v) is 10.2. The molecule has 4 rings (SSSR count). The Balaban J connectivity index is 1.40. The van der Waals surface area contributed by atoms with Crippen LogP contribution in [0.1, 0.15) is 39.5 Å². The number of rotatable bonds is 6. The van der Waals surface area contributed by atoms with Crippen LogP contribution in [0.3, 0.4) is 0 Å². The van der Waals surface area contributed by atoms with E-state index in [0.717, 1.165) is 30.8 Å². The van der Waals surface area contributed by atoms with Gasteiger partial charge in [0.2, 0.25) is 5.91 Å². The van der Waals surface area contributed by atoms with Crippen molar-refractivity contribution in [2.75, 3.05) is 13.1 Å². The molecule has 7 nitrogen and oxygen atoms in total. The smallest absolute Gasteiger partial charge is 0.534 e. The summed E-state index contributed by atoms with van der Waals surface area (Å²) in [5.74, 6) is -0.459. The molecule has 0 aromatic heterocycles. The molecule has 0 saturated carbocycles. The minimum absolute atomic E-state index is 0.122. The molecular weight excluding hydrogens is 381 g/mol. The average Bonchev–Trinajstić information content (AvgIpc) is 3.10. The minimum Gasteiger partial charge on any atom is -0.534 e. The van der Waals surface area contributed by atoms with Crippen LogP contribution in [-0.4, -0.2) is 47.8 Å². The number of nitrogens with zero attached hydrogens (tertiary/aromatic N) is 1. The number of Topliss-reactive ketones (excluding diaryl/α,β-unsaturated/α-hetero) is 1. The lowest BCUT2D eigenvalue weighted by Crippen LogP contribution is -2.53. The second-order valence-electron chi connectivity index (χ2n) is 8.02. The maximum Gasteiger partial charge on any atom is 0.547 e. The van der Waals surface area contributed by atoms with Gasteiger partial charge in [0.25, 0.3) is 0 Å². The van der Waals surface area contributed by atoms with Gasteiger partial charge in [-0.25, -0.2) is 0 Å². The SMILES string of the molecule is CC(=O)c1cccc2c1OB(O)[C@@H](NC(=O)Cc1ccc3c(c1)CN(CCN)C3)C2. The van der Waals surface area contributed by atoms with Crippen molar-refractivity contribution in [3.8, 4) is 5.75 Å². The number of benzene rings is 2. The molecule has 2 heterocycles. The van der Waals surface area contributed by atoms with Crippen LogP contribution in [0, 0.1) is 0 Å². The highest BCUT2D eigenvalue weighted by atomic mass is 16.5. The summed E-state index contributed by atoms with van der Waals surface area (Å²) < 4.78 is 5.59. The van der Waals surface area contributed by atoms with Gasteiger partial charge >= 0.3 is 7.12 Å². The molecule has 0 aliphatic carbocycles. The van der Waals surface area contributed by atoms with Crippen LogP contribution < -0.4 is 15.7 Å². The third-order valence-corrected chi connectivity index (χ3v) is 5.71. The van der Waals surface area contributed by atoms with Crippen molar-refractivity contribution in [1.29, 1.82) is 0 Å². The Morgan fingerprint density at radius 2 is 2.03 bits per heavy atom. The summed E-state index contributed by atoms with van der Waals surface area (Å²) in [5, 5.41) is 13.3. The van der Waals surface area contributed by atoms with Crippen molar-refractivity contribution >= 4 is 18.8 Å². The Hall–Kier alpha value is -2.68. The topological polar surface area (TPSA) is 105 Å². The molecule has 4 N–H and O–H groups in total. The number of nitrogens with two attached hydrogens (primary N) is 1. The summed E-state index contributed by atoms with van der Waals surface area (Å²) in [6.45, 7) is 4.70. The lowest BCUT2D eigenvalue weighted by molar-refractivity contribution is -0.120. The van der Waals surface area contributed by atoms with Crippen molar-refractivity contribution in [2.24, 2.45) is 5.73 Å². The first-order valence-electron chi connectivity index (χ1n) is 10.2. The maximum atomic E-state index is 12.6. The molecule has 30 heavy (non-hydrogen) atoms. The van der Waals surface area contributed by atoms with Crippen molar-refractivity contribution in [3.05, 3.63) is 64.2 Å². The van der Waals surface area contributed by atoms with Crippen LogP contribution in [0.2, 0.25) is 0 Å². The average molecular weight is 407 g/mol. The van der Waals surface area contributed by atoms with E-state index in [1.807, 2.05) is 12.1 Å². The van der Waals surface area contributed by atoms with Gasteiger partial charge in [-0.05, 0) is 41.7 Å². The second-order valence-corrected chi connectivity index (χ2v) is 8.02. The number of ketones is 1. The van der Waals surface area contributed by atoms with Crippen LogP contribution in [0.4, 0.5) is 0 Å². The molecule has 1 amide bonds. The van der Waals surface area contributed by atoms with E-state index in [2.05, 4.69) is 22.3 Å². The van der Waals surface area contributed by atoms with E-state index in [1.54, 1.807) is 12.1 Å². The molecule has 0 bridgehead atoms. The summed E-state index contributed by atoms with van der Waals surface area (Å²) in [5.41, 5.74) is 10.3. The lowest BCUT2D eigenvalue weighted by atomic mass is 9.72. The first-order chi connectivity index (χ1) is 14.4. The standard InChI is InChI=1S/C22H26BN3O4/c1-14(27)19-4-2-3-16-11-20(23(29)30-22(16)19)25-21(28)10-15-5-6-17-12-26(8-7-24)13-18(17)9-15/h2-6,9,20,29H,7-8,10-13,24H2,1H3,(H,25,28)/t20-/m0/s1. The zero-order valence-electron chi connectivity index (χ0n) is 17.1. The third kappa shape index (κ3) is 4.26. The largest absolute Gasteiger partial charge is 0.547 e. The number of amides is 1. The van der Waals surface area contributed by atoms with Crippen molar-refractivity contribution in [1.82, 2.24) is 10.2 Å². The van der Waals surface area contributed by atoms with Gasteiger partial charge < -0.3 is 20.7 Å². The van der Waals surface area contributed by atoms with Crippen LogP contribution >= 0.6 is 0 Å². The molecule has 0 saturated heterocycles.